The molecule has 0 saturated carbocycles. The molecule has 10 N–H and O–H groups in total. The van der Waals surface area contributed by atoms with Crippen LogP contribution in [0.3, 0.4) is 0 Å². The minimum absolute atomic E-state index is 0.0194. The minimum atomic E-state index is -4.66. The van der Waals surface area contributed by atoms with E-state index in [1.807, 2.05) is 6.92 Å². The second-order valence-electron chi connectivity index (χ2n) is 31.1. The van der Waals surface area contributed by atoms with E-state index in [2.05, 4.69) is 34.8 Å². The van der Waals surface area contributed by atoms with E-state index in [9.17, 15) is 72.4 Å². The first-order valence-corrected chi connectivity index (χ1v) is 45.7. The van der Waals surface area contributed by atoms with Crippen LogP contribution in [0.1, 0.15) is 317 Å². The third-order valence-corrected chi connectivity index (χ3v) is 21.8. The zero-order valence-electron chi connectivity index (χ0n) is 71.1. The summed E-state index contributed by atoms with van der Waals surface area (Å²) in [4.78, 5) is 161. The lowest BCUT2D eigenvalue weighted by Gasteiger charge is -2.33. The van der Waals surface area contributed by atoms with E-state index in [-0.39, 0.29) is 180 Å². The molecule has 32 heteroatoms. The number of carboxylic acids is 1. The van der Waals surface area contributed by atoms with Crippen molar-refractivity contribution in [3.05, 3.63) is 0 Å². The van der Waals surface area contributed by atoms with Crippen molar-refractivity contribution in [3.8, 4) is 0 Å². The predicted molar refractivity (Wildman–Crippen MR) is 442 cm³/mol. The number of guanidine groups is 1. The first-order chi connectivity index (χ1) is 55.9. The van der Waals surface area contributed by atoms with Gasteiger partial charge in [-0.25, -0.2) is 4.57 Å². The number of aliphatic carboxylic acids is 1. The van der Waals surface area contributed by atoms with Gasteiger partial charge in [-0.05, 0) is 77.6 Å². The molecule has 670 valence electrons. The van der Waals surface area contributed by atoms with Gasteiger partial charge in [-0.15, -0.1) is 0 Å². The summed E-state index contributed by atoms with van der Waals surface area (Å²) < 4.78 is 56.0. The Morgan fingerprint density at radius 2 is 0.983 bits per heavy atom. The Kier molecular flexibility index (Phi) is 62.8. The number of nitrogens with zero attached hydrogens (tertiary/aromatic N) is 3. The molecule has 5 amide bonds. The molecule has 0 aromatic heterocycles. The fraction of sp³-hybridized carbons (Fsp3) is 0.857. The summed E-state index contributed by atoms with van der Waals surface area (Å²) >= 11 is 0. The van der Waals surface area contributed by atoms with Crippen LogP contribution in [0.15, 0.2) is 4.99 Å². The molecule has 8 atom stereocenters. The van der Waals surface area contributed by atoms with Gasteiger partial charge in [-0.1, -0.05) is 194 Å². The van der Waals surface area contributed by atoms with E-state index in [4.69, 9.17) is 48.9 Å². The van der Waals surface area contributed by atoms with Crippen LogP contribution in [0.2, 0.25) is 0 Å². The highest BCUT2D eigenvalue weighted by atomic mass is 31.2. The van der Waals surface area contributed by atoms with Crippen LogP contribution in [0.25, 0.3) is 0 Å². The highest BCUT2D eigenvalue weighted by Crippen LogP contribution is 2.43. The summed E-state index contributed by atoms with van der Waals surface area (Å²) in [6.45, 7) is 7.56. The maximum Gasteiger partial charge on any atom is 0.472 e. The van der Waals surface area contributed by atoms with Crippen LogP contribution in [-0.4, -0.2) is 231 Å². The number of nitrogens with one attached hydrogen (secondary N) is 3. The number of aliphatic hydroxyl groups excluding tert-OH is 1. The third kappa shape index (κ3) is 54.2. The molecule has 2 aliphatic rings. The van der Waals surface area contributed by atoms with Gasteiger partial charge in [0.05, 0.1) is 70.9 Å². The van der Waals surface area contributed by atoms with Crippen LogP contribution in [0.5, 0.6) is 0 Å². The number of esters is 2. The van der Waals surface area contributed by atoms with Crippen molar-refractivity contribution in [2.45, 2.75) is 347 Å². The average Bonchev–Trinajstić information content (AvgIpc) is 1.69. The van der Waals surface area contributed by atoms with Gasteiger partial charge >= 0.3 is 25.7 Å². The highest BCUT2D eigenvalue weighted by Gasteiger charge is 2.44. The van der Waals surface area contributed by atoms with Gasteiger partial charge < -0.3 is 80.7 Å². The maximum absolute atomic E-state index is 14.4. The molecule has 116 heavy (non-hydrogen) atoms. The molecular weight excluding hydrogens is 1520 g/mol. The number of hydrogen-bond donors (Lipinski definition) is 8. The zero-order valence-corrected chi connectivity index (χ0v) is 72.0. The van der Waals surface area contributed by atoms with Crippen molar-refractivity contribution >= 4 is 78.6 Å². The number of hydrogen-bond acceptors (Lipinski definition) is 22. The number of carbonyl (C=O) groups excluding carboxylic acids is 10. The van der Waals surface area contributed by atoms with Gasteiger partial charge in [0.15, 0.2) is 23.6 Å². The summed E-state index contributed by atoms with van der Waals surface area (Å²) in [5.74, 6) is -7.38. The molecule has 0 bridgehead atoms. The van der Waals surface area contributed by atoms with Crippen LogP contribution in [0, 0.1) is 11.8 Å². The monoisotopic (exact) mass is 1670 g/mol. The minimum Gasteiger partial charge on any atom is -0.481 e. The molecule has 2 heterocycles. The summed E-state index contributed by atoms with van der Waals surface area (Å²) in [5.41, 5.74) is 10.8. The van der Waals surface area contributed by atoms with Crippen LogP contribution < -0.4 is 27.4 Å². The third-order valence-electron chi connectivity index (χ3n) is 20.8. The number of nitrogens with two attached hydrogens (primary N) is 2. The summed E-state index contributed by atoms with van der Waals surface area (Å²) in [7, 11) is -4.66. The summed E-state index contributed by atoms with van der Waals surface area (Å²) in [5, 5.41) is 28.4. The number of carboxylic acid groups (broad SMARTS) is 1. The zero-order chi connectivity index (χ0) is 85.2. The number of Topliss-reactive ketones (excluding diaryl/α,β-unsaturated/α-hetero) is 3. The van der Waals surface area contributed by atoms with Crippen LogP contribution in [-0.2, 0) is 94.8 Å². The van der Waals surface area contributed by atoms with E-state index < -0.39 is 111 Å². The van der Waals surface area contributed by atoms with Crippen LogP contribution >= 0.6 is 7.82 Å². The number of ketones is 3. The number of aliphatic imine (C=N–C) groups is 1. The molecule has 2 aliphatic heterocycles. The average molecular weight is 1670 g/mol. The predicted octanol–water partition coefficient (Wildman–Crippen LogP) is 11.1. The number of ether oxygens (including phenoxy) is 6. The van der Waals surface area contributed by atoms with Crippen molar-refractivity contribution in [1.29, 1.82) is 0 Å². The summed E-state index contributed by atoms with van der Waals surface area (Å²) in [6.07, 6.45) is 33.0. The van der Waals surface area contributed by atoms with Crippen molar-refractivity contribution in [2.75, 3.05) is 105 Å². The van der Waals surface area contributed by atoms with E-state index in [0.717, 1.165) is 51.4 Å². The van der Waals surface area contributed by atoms with Gasteiger partial charge in [0.25, 0.3) is 0 Å². The normalized spacial score (nSPS) is 15.9. The molecular formula is C84H151N8O23P. The number of carbonyl (C=O) groups is 11. The first-order valence-electron chi connectivity index (χ1n) is 44.2. The maximum atomic E-state index is 14.4. The molecule has 31 nitrogen and oxygen atoms in total. The van der Waals surface area contributed by atoms with Gasteiger partial charge in [-0.2, -0.15) is 0 Å². The molecule has 0 aromatic carbocycles. The highest BCUT2D eigenvalue weighted by molar-refractivity contribution is 7.47. The molecule has 2 saturated heterocycles. The Bertz CT molecular complexity index is 2820. The number of phosphoric ester groups is 1. The number of aliphatic hydroxyl groups is 1. The second-order valence-corrected chi connectivity index (χ2v) is 32.5. The lowest BCUT2D eigenvalue weighted by Crippen LogP contribution is -2.53. The van der Waals surface area contributed by atoms with Crippen molar-refractivity contribution in [1.82, 2.24) is 25.8 Å². The van der Waals surface area contributed by atoms with Crippen molar-refractivity contribution in [3.63, 3.8) is 0 Å². The quantitative estimate of drug-likeness (QED) is 0.00922. The van der Waals surface area contributed by atoms with E-state index in [0.29, 0.717) is 57.8 Å². The number of phosphoric acid groups is 1. The topological polar surface area (TPSA) is 446 Å². The standard InChI is InChI=1S/C84H151N8O23P/c1-5-8-11-13-15-17-19-21-23-25-27-29-32-46-78(100)112-62-70(115-79(101)47-33-30-28-26-24-22-20-18-16-14-12-9-6-2)63-114-116(106,107)113-53-38-42-69(94)41-34-45-75(97)87-49-54-108-56-58-110-64-76(98)88-50-55-109-57-59-111-65-77(99)90-80(66(4)93)74(96)60-67(39-31-10-7-3)81(102)92-52-37-44-72(92)82(103)91-51-36-43-71(91)73(95)61-68(83(104)105)40-35-48-89-84(85)86/h66-68,70-72,80,93H,5-65H2,1-4H3,(H,87,97)(H,88,98)(H,90,99)(H,104,105)(H,106,107)(H4,85,86,89). The molecule has 8 unspecified atom stereocenters. The van der Waals surface area contributed by atoms with Crippen molar-refractivity contribution < 1.29 is 110 Å². The largest absolute Gasteiger partial charge is 0.481 e. The number of likely N-dealkylation sites (tertiary alicyclic amines) is 2. The SMILES string of the molecule is CCCCCCCCCCCCCCCC(=O)OCC(COP(=O)(O)OCCCC(=O)CCCC(=O)NCCOCCOCC(=O)NCCOCCOCC(=O)NC(C(=O)CC(CCCCC)C(=O)N1CCCC1C(=O)N1CCCC1C(=O)CC(CCCN=C(N)N)C(=O)O)C(C)O)OC(=O)CCCCCCCCCCCCCCC. The smallest absolute Gasteiger partial charge is 0.472 e. The number of rotatable bonds is 78. The van der Waals surface area contributed by atoms with Gasteiger partial charge in [0.1, 0.15) is 37.7 Å². The van der Waals surface area contributed by atoms with Gasteiger partial charge in [0, 0.05) is 83.6 Å². The first kappa shape index (κ1) is 106. The molecule has 0 spiro atoms. The van der Waals surface area contributed by atoms with Crippen molar-refractivity contribution in [2.24, 2.45) is 28.3 Å². The lowest BCUT2D eigenvalue weighted by atomic mass is 9.90. The number of amides is 5. The van der Waals surface area contributed by atoms with E-state index in [1.54, 1.807) is 0 Å². The Labute approximate surface area is 691 Å². The summed E-state index contributed by atoms with van der Waals surface area (Å²) in [6, 6.07) is -3.09. The van der Waals surface area contributed by atoms with E-state index in [1.165, 1.54) is 132 Å². The molecule has 0 radical (unpaired) electrons. The lowest BCUT2D eigenvalue weighted by molar-refractivity contribution is -0.161. The Morgan fingerprint density at radius 3 is 1.53 bits per heavy atom. The van der Waals surface area contributed by atoms with E-state index >= 15 is 0 Å². The van der Waals surface area contributed by atoms with Gasteiger partial charge in [-0.3, -0.25) is 66.8 Å². The fourth-order valence-corrected chi connectivity index (χ4v) is 15.0. The molecule has 0 aromatic rings. The molecule has 0 aliphatic carbocycles. The Morgan fingerprint density at radius 1 is 0.500 bits per heavy atom. The Balaban J connectivity index is 1.62. The molecule has 2 rings (SSSR count). The molecule has 2 fully saturated rings. The number of unbranched alkanes of at least 4 members (excludes halogenated alkanes) is 26. The van der Waals surface area contributed by atoms with Crippen LogP contribution in [0.4, 0.5) is 0 Å². The fourth-order valence-electron chi connectivity index (χ4n) is 14.2. The Hall–Kier alpha value is -6.05. The van der Waals surface area contributed by atoms with Gasteiger partial charge in [0.2, 0.25) is 29.5 Å². The second kappa shape index (κ2) is 68.7.